The Morgan fingerprint density at radius 2 is 1.93 bits per heavy atom. The zero-order valence-corrected chi connectivity index (χ0v) is 16.9. The number of aromatic amines is 1. The average Bonchev–Trinajstić information content (AvgIpc) is 3.23. The third kappa shape index (κ3) is 3.23. The van der Waals surface area contributed by atoms with Gasteiger partial charge in [-0.25, -0.2) is 4.98 Å². The molecule has 0 aliphatic carbocycles. The molecule has 0 unspecified atom stereocenters. The van der Waals surface area contributed by atoms with E-state index in [2.05, 4.69) is 51.0 Å². The van der Waals surface area contributed by atoms with Gasteiger partial charge in [0.05, 0.1) is 30.8 Å². The Morgan fingerprint density at radius 3 is 2.75 bits per heavy atom. The Labute approximate surface area is 167 Å². The highest BCUT2D eigenvalue weighted by molar-refractivity contribution is 5.49. The topological polar surface area (TPSA) is 47.6 Å². The summed E-state index contributed by atoms with van der Waals surface area (Å²) in [7, 11) is 2.28. The molecule has 4 heterocycles. The van der Waals surface area contributed by atoms with Crippen LogP contribution >= 0.6 is 0 Å². The predicted molar refractivity (Wildman–Crippen MR) is 111 cm³/mol. The molecule has 0 bridgehead atoms. The second kappa shape index (κ2) is 7.50. The van der Waals surface area contributed by atoms with Crippen LogP contribution in [0.5, 0.6) is 0 Å². The molecule has 0 atom stereocenters. The lowest BCUT2D eigenvalue weighted by molar-refractivity contribution is 0.0221. The molecular weight excluding hydrogens is 350 g/mol. The van der Waals surface area contributed by atoms with Gasteiger partial charge in [0.1, 0.15) is 0 Å². The fraction of sp³-hybridized carbons (Fsp3) is 0.591. The van der Waals surface area contributed by atoms with Crippen LogP contribution in [0.2, 0.25) is 0 Å². The van der Waals surface area contributed by atoms with Crippen LogP contribution in [-0.4, -0.2) is 72.8 Å². The second-order valence-corrected chi connectivity index (χ2v) is 8.48. The molecule has 150 valence electrons. The summed E-state index contributed by atoms with van der Waals surface area (Å²) in [5.74, 6) is 0. The van der Waals surface area contributed by atoms with Crippen molar-refractivity contribution in [3.63, 3.8) is 0 Å². The van der Waals surface area contributed by atoms with E-state index in [1.807, 2.05) is 6.33 Å². The van der Waals surface area contributed by atoms with Crippen molar-refractivity contribution in [3.05, 3.63) is 47.5 Å². The maximum absolute atomic E-state index is 5.49. The number of imidazole rings is 1. The summed E-state index contributed by atoms with van der Waals surface area (Å²) in [4.78, 5) is 15.7. The van der Waals surface area contributed by atoms with Crippen LogP contribution in [0.4, 0.5) is 5.69 Å². The highest BCUT2D eigenvalue weighted by Crippen LogP contribution is 2.41. The Morgan fingerprint density at radius 1 is 1.11 bits per heavy atom. The Kier molecular flexibility index (Phi) is 4.87. The van der Waals surface area contributed by atoms with Crippen molar-refractivity contribution < 1.29 is 4.74 Å². The van der Waals surface area contributed by atoms with Crippen molar-refractivity contribution in [3.8, 4) is 0 Å². The van der Waals surface area contributed by atoms with Crippen LogP contribution in [0.25, 0.3) is 0 Å². The predicted octanol–water partition coefficient (Wildman–Crippen LogP) is 2.23. The molecule has 2 fully saturated rings. The van der Waals surface area contributed by atoms with Crippen LogP contribution in [0.15, 0.2) is 30.6 Å². The summed E-state index contributed by atoms with van der Waals surface area (Å²) in [6.07, 6.45) is 5.29. The molecule has 2 saturated heterocycles. The highest BCUT2D eigenvalue weighted by Gasteiger charge is 2.44. The van der Waals surface area contributed by atoms with Crippen molar-refractivity contribution in [2.45, 2.75) is 31.3 Å². The first-order valence-electron chi connectivity index (χ1n) is 10.6. The van der Waals surface area contributed by atoms with E-state index < -0.39 is 0 Å². The fourth-order valence-electron chi connectivity index (χ4n) is 5.22. The molecule has 1 spiro atoms. The molecule has 1 aromatic carbocycles. The van der Waals surface area contributed by atoms with E-state index in [-0.39, 0.29) is 5.54 Å². The van der Waals surface area contributed by atoms with E-state index in [0.717, 1.165) is 71.7 Å². The number of hydrogen-bond donors (Lipinski definition) is 1. The van der Waals surface area contributed by atoms with Gasteiger partial charge >= 0.3 is 0 Å². The smallest absolute Gasteiger partial charge is 0.0926 e. The summed E-state index contributed by atoms with van der Waals surface area (Å²) < 4.78 is 5.49. The molecule has 0 amide bonds. The first-order valence-corrected chi connectivity index (χ1v) is 10.6. The van der Waals surface area contributed by atoms with Gasteiger partial charge < -0.3 is 14.6 Å². The first kappa shape index (κ1) is 18.2. The van der Waals surface area contributed by atoms with Crippen molar-refractivity contribution >= 4 is 5.69 Å². The summed E-state index contributed by atoms with van der Waals surface area (Å²) >= 11 is 0. The Balaban J connectivity index is 1.26. The number of likely N-dealkylation sites (tertiary alicyclic amines) is 1. The molecule has 2 aromatic rings. The number of aromatic nitrogens is 2. The molecule has 3 aliphatic rings. The number of hydrogen-bond acceptors (Lipinski definition) is 5. The molecular formula is C22H31N5O. The van der Waals surface area contributed by atoms with Crippen LogP contribution < -0.4 is 4.90 Å². The molecule has 6 heteroatoms. The molecule has 0 radical (unpaired) electrons. The number of H-pyrrole nitrogens is 1. The zero-order valence-electron chi connectivity index (χ0n) is 16.9. The van der Waals surface area contributed by atoms with Gasteiger partial charge in [0, 0.05) is 57.1 Å². The molecule has 1 aromatic heterocycles. The molecule has 28 heavy (non-hydrogen) atoms. The van der Waals surface area contributed by atoms with Gasteiger partial charge in [0.25, 0.3) is 0 Å². The fourth-order valence-corrected chi connectivity index (χ4v) is 5.22. The maximum atomic E-state index is 5.49. The Hall–Kier alpha value is -1.89. The lowest BCUT2D eigenvalue weighted by Crippen LogP contribution is -2.54. The molecule has 5 rings (SSSR count). The quantitative estimate of drug-likeness (QED) is 0.884. The summed E-state index contributed by atoms with van der Waals surface area (Å²) in [5, 5.41) is 0. The molecule has 6 nitrogen and oxygen atoms in total. The number of rotatable bonds is 3. The molecule has 0 saturated carbocycles. The standard InChI is InChI=1S/C22H31N5O/c1-25-8-5-20-21(24-17-23-20)22(25)6-9-26(10-7-22)16-18-3-2-4-19(15-18)27-11-13-28-14-12-27/h2-4,15,17H,5-14,16H2,1H3,(H,23,24). The lowest BCUT2D eigenvalue weighted by atomic mass is 9.79. The van der Waals surface area contributed by atoms with E-state index >= 15 is 0 Å². The SMILES string of the molecule is CN1CCc2[nH]cnc2C12CCN(Cc1cccc(N3CCOCC3)c1)CC2. The van der Waals surface area contributed by atoms with Gasteiger partial charge in [-0.15, -0.1) is 0 Å². The monoisotopic (exact) mass is 381 g/mol. The second-order valence-electron chi connectivity index (χ2n) is 8.48. The molecule has 1 N–H and O–H groups in total. The number of fused-ring (bicyclic) bond motifs is 2. The van der Waals surface area contributed by atoms with Crippen LogP contribution in [0.1, 0.15) is 29.8 Å². The number of nitrogens with one attached hydrogen (secondary N) is 1. The normalized spacial score (nSPS) is 23.1. The van der Waals surface area contributed by atoms with Crippen LogP contribution in [0, 0.1) is 0 Å². The van der Waals surface area contributed by atoms with E-state index in [1.165, 1.54) is 22.6 Å². The van der Waals surface area contributed by atoms with Crippen molar-refractivity contribution in [1.29, 1.82) is 0 Å². The maximum Gasteiger partial charge on any atom is 0.0926 e. The number of nitrogens with zero attached hydrogens (tertiary/aromatic N) is 4. The van der Waals surface area contributed by atoms with E-state index in [9.17, 15) is 0 Å². The van der Waals surface area contributed by atoms with Gasteiger partial charge in [-0.05, 0) is 37.6 Å². The number of anilines is 1. The van der Waals surface area contributed by atoms with Crippen molar-refractivity contribution in [2.24, 2.45) is 0 Å². The zero-order chi connectivity index (χ0) is 19.0. The minimum Gasteiger partial charge on any atom is -0.378 e. The van der Waals surface area contributed by atoms with E-state index in [1.54, 1.807) is 0 Å². The van der Waals surface area contributed by atoms with E-state index in [0.29, 0.717) is 0 Å². The third-order valence-corrected chi connectivity index (χ3v) is 6.96. The van der Waals surface area contributed by atoms with Gasteiger partial charge in [0.15, 0.2) is 0 Å². The van der Waals surface area contributed by atoms with Crippen molar-refractivity contribution in [1.82, 2.24) is 19.8 Å². The highest BCUT2D eigenvalue weighted by atomic mass is 16.5. The minimum atomic E-state index is 0.125. The van der Waals surface area contributed by atoms with Gasteiger partial charge in [-0.1, -0.05) is 12.1 Å². The lowest BCUT2D eigenvalue weighted by Gasteiger charge is -2.49. The van der Waals surface area contributed by atoms with Gasteiger partial charge in [-0.3, -0.25) is 9.80 Å². The summed E-state index contributed by atoms with van der Waals surface area (Å²) in [5.41, 5.74) is 5.53. The number of ether oxygens (including phenoxy) is 1. The van der Waals surface area contributed by atoms with Crippen LogP contribution in [-0.2, 0) is 23.2 Å². The first-order chi connectivity index (χ1) is 13.7. The number of morpholine rings is 1. The number of piperidine rings is 1. The number of likely N-dealkylation sites (N-methyl/N-ethyl adjacent to an activating group) is 1. The van der Waals surface area contributed by atoms with Gasteiger partial charge in [0.2, 0.25) is 0 Å². The Bertz CT molecular complexity index is 805. The number of benzene rings is 1. The average molecular weight is 382 g/mol. The van der Waals surface area contributed by atoms with Crippen LogP contribution in [0.3, 0.4) is 0 Å². The third-order valence-electron chi connectivity index (χ3n) is 6.96. The molecule has 3 aliphatic heterocycles. The van der Waals surface area contributed by atoms with Crippen molar-refractivity contribution in [2.75, 3.05) is 57.9 Å². The van der Waals surface area contributed by atoms with E-state index in [4.69, 9.17) is 9.72 Å². The minimum absolute atomic E-state index is 0.125. The summed E-state index contributed by atoms with van der Waals surface area (Å²) in [6.45, 7) is 8.06. The van der Waals surface area contributed by atoms with Gasteiger partial charge in [-0.2, -0.15) is 0 Å². The largest absolute Gasteiger partial charge is 0.378 e. The summed E-state index contributed by atoms with van der Waals surface area (Å²) in [6, 6.07) is 9.08.